The molecule has 144 valence electrons. The number of hydrogen-bond acceptors (Lipinski definition) is 4. The smallest absolute Gasteiger partial charge is 0.266 e. The van der Waals surface area contributed by atoms with E-state index in [0.717, 1.165) is 24.6 Å². The number of hydrogen-bond donors (Lipinski definition) is 1. The number of fused-ring (bicyclic) bond motifs is 2. The molecule has 0 radical (unpaired) electrons. The lowest BCUT2D eigenvalue weighted by Crippen LogP contribution is -2.53. The Morgan fingerprint density at radius 3 is 2.59 bits per heavy atom. The van der Waals surface area contributed by atoms with Crippen molar-refractivity contribution in [1.82, 2.24) is 14.7 Å². The summed E-state index contributed by atoms with van der Waals surface area (Å²) in [6, 6.07) is 7.52. The molecule has 2 aliphatic rings. The fourth-order valence-electron chi connectivity index (χ4n) is 4.61. The standard InChI is InChI=1S/C20H23F2N3O2/c1-13-5-8-18(26)25(23-13)12-20(27)9-15-6-7-16(10-20)24(15)11-14-3-2-4-17(21)19(14)22/h2-5,8,15-16,27H,6-7,9-12H2,1H3. The Labute approximate surface area is 156 Å². The second-order valence-corrected chi connectivity index (χ2v) is 7.87. The number of halogens is 2. The molecule has 0 amide bonds. The molecule has 3 heterocycles. The SMILES string of the molecule is Cc1ccc(=O)n(CC2(O)CC3CCC(C2)N3Cc2cccc(F)c2F)n1. The Morgan fingerprint density at radius 1 is 1.19 bits per heavy atom. The van der Waals surface area contributed by atoms with Gasteiger partial charge in [-0.25, -0.2) is 13.5 Å². The van der Waals surface area contributed by atoms with Crippen molar-refractivity contribution in [2.24, 2.45) is 0 Å². The van der Waals surface area contributed by atoms with Gasteiger partial charge in [-0.05, 0) is 44.7 Å². The van der Waals surface area contributed by atoms with Gasteiger partial charge < -0.3 is 5.11 Å². The van der Waals surface area contributed by atoms with Gasteiger partial charge in [0, 0.05) is 30.3 Å². The van der Waals surface area contributed by atoms with Crippen LogP contribution in [0.2, 0.25) is 0 Å². The quantitative estimate of drug-likeness (QED) is 0.892. The first-order valence-electron chi connectivity index (χ1n) is 9.30. The predicted octanol–water partition coefficient (Wildman–Crippen LogP) is 2.39. The molecule has 2 aliphatic heterocycles. The Balaban J connectivity index is 1.52. The van der Waals surface area contributed by atoms with Crippen molar-refractivity contribution in [1.29, 1.82) is 0 Å². The number of aryl methyl sites for hydroxylation is 1. The van der Waals surface area contributed by atoms with Gasteiger partial charge in [0.15, 0.2) is 11.6 Å². The minimum absolute atomic E-state index is 0.0805. The summed E-state index contributed by atoms with van der Waals surface area (Å²) in [6.45, 7) is 2.29. The molecule has 0 saturated carbocycles. The van der Waals surface area contributed by atoms with Gasteiger partial charge in [-0.15, -0.1) is 0 Å². The first-order chi connectivity index (χ1) is 12.8. The van der Waals surface area contributed by atoms with Crippen molar-refractivity contribution in [2.75, 3.05) is 0 Å². The number of benzene rings is 1. The number of nitrogens with zero attached hydrogens (tertiary/aromatic N) is 3. The van der Waals surface area contributed by atoms with Crippen LogP contribution in [0.25, 0.3) is 0 Å². The summed E-state index contributed by atoms with van der Waals surface area (Å²) in [5.74, 6) is -1.63. The highest BCUT2D eigenvalue weighted by atomic mass is 19.2. The highest BCUT2D eigenvalue weighted by Crippen LogP contribution is 2.42. The highest BCUT2D eigenvalue weighted by molar-refractivity contribution is 5.20. The summed E-state index contributed by atoms with van der Waals surface area (Å²) in [6.07, 6.45) is 2.78. The minimum atomic E-state index is -1.02. The van der Waals surface area contributed by atoms with Crippen LogP contribution in [0.4, 0.5) is 8.78 Å². The summed E-state index contributed by atoms with van der Waals surface area (Å²) in [5.41, 5.74) is -0.187. The van der Waals surface area contributed by atoms with Gasteiger partial charge in [0.25, 0.3) is 5.56 Å². The maximum absolute atomic E-state index is 14.1. The topological polar surface area (TPSA) is 58.4 Å². The van der Waals surface area contributed by atoms with E-state index >= 15 is 0 Å². The Hall–Kier alpha value is -2.12. The van der Waals surface area contributed by atoms with Gasteiger partial charge in [-0.2, -0.15) is 5.10 Å². The van der Waals surface area contributed by atoms with Crippen LogP contribution < -0.4 is 5.56 Å². The number of piperidine rings is 1. The number of aliphatic hydroxyl groups is 1. The van der Waals surface area contributed by atoms with Crippen LogP contribution in [0.1, 0.15) is 36.9 Å². The summed E-state index contributed by atoms with van der Waals surface area (Å²) in [7, 11) is 0. The lowest BCUT2D eigenvalue weighted by Gasteiger charge is -2.43. The molecule has 0 aliphatic carbocycles. The fourth-order valence-corrected chi connectivity index (χ4v) is 4.61. The number of rotatable bonds is 4. The van der Waals surface area contributed by atoms with Crippen molar-refractivity contribution in [3.8, 4) is 0 Å². The second-order valence-electron chi connectivity index (χ2n) is 7.87. The molecule has 5 nitrogen and oxygen atoms in total. The molecule has 1 N–H and O–H groups in total. The normalized spacial score (nSPS) is 27.9. The highest BCUT2D eigenvalue weighted by Gasteiger charge is 2.47. The van der Waals surface area contributed by atoms with E-state index in [1.807, 2.05) is 0 Å². The maximum Gasteiger partial charge on any atom is 0.266 e. The molecule has 7 heteroatoms. The van der Waals surface area contributed by atoms with Gasteiger partial charge in [-0.1, -0.05) is 12.1 Å². The van der Waals surface area contributed by atoms with Crippen molar-refractivity contribution in [3.63, 3.8) is 0 Å². The van der Waals surface area contributed by atoms with Crippen LogP contribution in [-0.2, 0) is 13.1 Å². The van der Waals surface area contributed by atoms with Crippen molar-refractivity contribution in [3.05, 3.63) is 63.6 Å². The molecular formula is C20H23F2N3O2. The molecule has 2 bridgehead atoms. The van der Waals surface area contributed by atoms with Crippen LogP contribution in [-0.4, -0.2) is 37.5 Å². The summed E-state index contributed by atoms with van der Waals surface area (Å²) in [4.78, 5) is 14.2. The molecule has 2 atom stereocenters. The number of aromatic nitrogens is 2. The summed E-state index contributed by atoms with van der Waals surface area (Å²) < 4.78 is 28.9. The summed E-state index contributed by atoms with van der Waals surface area (Å²) in [5, 5.41) is 15.4. The van der Waals surface area contributed by atoms with Gasteiger partial charge in [0.1, 0.15) is 0 Å². The minimum Gasteiger partial charge on any atom is -0.388 e. The first-order valence-corrected chi connectivity index (χ1v) is 9.30. The monoisotopic (exact) mass is 375 g/mol. The Morgan fingerprint density at radius 2 is 1.89 bits per heavy atom. The van der Waals surface area contributed by atoms with E-state index in [-0.39, 0.29) is 24.2 Å². The van der Waals surface area contributed by atoms with E-state index in [1.165, 1.54) is 16.8 Å². The Kier molecular flexibility index (Phi) is 4.60. The first kappa shape index (κ1) is 18.3. The van der Waals surface area contributed by atoms with E-state index in [4.69, 9.17) is 0 Å². The molecule has 2 aromatic rings. The zero-order valence-electron chi connectivity index (χ0n) is 15.2. The van der Waals surface area contributed by atoms with Gasteiger partial charge >= 0.3 is 0 Å². The zero-order chi connectivity index (χ0) is 19.2. The molecule has 2 fully saturated rings. The Bertz CT molecular complexity index is 900. The second kappa shape index (κ2) is 6.80. The predicted molar refractivity (Wildman–Crippen MR) is 96.1 cm³/mol. The summed E-state index contributed by atoms with van der Waals surface area (Å²) >= 11 is 0. The molecule has 1 aromatic heterocycles. The fraction of sp³-hybridized carbons (Fsp3) is 0.500. The van der Waals surface area contributed by atoms with E-state index < -0.39 is 17.2 Å². The lowest BCUT2D eigenvalue weighted by molar-refractivity contribution is -0.0680. The average molecular weight is 375 g/mol. The van der Waals surface area contributed by atoms with Gasteiger partial charge in [0.2, 0.25) is 0 Å². The third-order valence-corrected chi connectivity index (χ3v) is 5.83. The van der Waals surface area contributed by atoms with E-state index in [0.29, 0.717) is 24.9 Å². The molecule has 1 aromatic carbocycles. The van der Waals surface area contributed by atoms with Crippen LogP contribution in [0.3, 0.4) is 0 Å². The van der Waals surface area contributed by atoms with Crippen molar-refractivity contribution < 1.29 is 13.9 Å². The van der Waals surface area contributed by atoms with E-state index in [9.17, 15) is 18.7 Å². The van der Waals surface area contributed by atoms with Crippen LogP contribution >= 0.6 is 0 Å². The molecule has 4 rings (SSSR count). The molecular weight excluding hydrogens is 352 g/mol. The zero-order valence-corrected chi connectivity index (χ0v) is 15.2. The van der Waals surface area contributed by atoms with E-state index in [2.05, 4.69) is 10.00 Å². The lowest BCUT2D eigenvalue weighted by atomic mass is 9.85. The van der Waals surface area contributed by atoms with Gasteiger partial charge in [-0.3, -0.25) is 9.69 Å². The molecule has 27 heavy (non-hydrogen) atoms. The molecule has 2 saturated heterocycles. The molecule has 2 unspecified atom stereocenters. The molecule has 0 spiro atoms. The van der Waals surface area contributed by atoms with Crippen LogP contribution in [0.5, 0.6) is 0 Å². The largest absolute Gasteiger partial charge is 0.388 e. The maximum atomic E-state index is 14.1. The van der Waals surface area contributed by atoms with Crippen molar-refractivity contribution >= 4 is 0 Å². The third kappa shape index (κ3) is 3.53. The van der Waals surface area contributed by atoms with Crippen molar-refractivity contribution in [2.45, 2.75) is 63.4 Å². The van der Waals surface area contributed by atoms with Crippen LogP contribution in [0.15, 0.2) is 35.1 Å². The average Bonchev–Trinajstić information content (AvgIpc) is 2.86. The van der Waals surface area contributed by atoms with Gasteiger partial charge in [0.05, 0.1) is 17.8 Å². The van der Waals surface area contributed by atoms with E-state index in [1.54, 1.807) is 19.1 Å². The third-order valence-electron chi connectivity index (χ3n) is 5.83. The van der Waals surface area contributed by atoms with Crippen LogP contribution in [0, 0.1) is 18.6 Å².